The fourth-order valence-electron chi connectivity index (χ4n) is 2.16. The maximum Gasteiger partial charge on any atom is 0.119 e. The second-order valence-corrected chi connectivity index (χ2v) is 4.72. The molecule has 2 rings (SSSR count). The van der Waals surface area contributed by atoms with E-state index in [1.165, 1.54) is 0 Å². The number of para-hydroxylation sites is 1. The average Bonchev–Trinajstić information content (AvgIpc) is 2.58. The number of nitrogens with one attached hydrogen (secondary N) is 1. The summed E-state index contributed by atoms with van der Waals surface area (Å²) in [7, 11) is 0. The predicted octanol–water partition coefficient (Wildman–Crippen LogP) is 2.40. The molecule has 1 saturated heterocycles. The van der Waals surface area contributed by atoms with Gasteiger partial charge in [0.1, 0.15) is 12.4 Å². The number of hydrogen-bond donors (Lipinski definition) is 1. The van der Waals surface area contributed by atoms with Crippen molar-refractivity contribution >= 4 is 0 Å². The Morgan fingerprint density at radius 2 is 1.71 bits per heavy atom. The summed E-state index contributed by atoms with van der Waals surface area (Å²) in [6.45, 7) is 11.8. The molecule has 1 N–H and O–H groups in total. The molecule has 1 aliphatic rings. The third kappa shape index (κ3) is 8.71. The van der Waals surface area contributed by atoms with Crippen LogP contribution in [0.5, 0.6) is 5.75 Å². The molecule has 1 aliphatic heterocycles. The van der Waals surface area contributed by atoms with Gasteiger partial charge in [-0.3, -0.25) is 0 Å². The first-order valence-electron chi connectivity index (χ1n) is 8.14. The first kappa shape index (κ1) is 18.0. The molecule has 0 unspecified atom stereocenters. The third-order valence-corrected chi connectivity index (χ3v) is 3.21. The van der Waals surface area contributed by atoms with E-state index >= 15 is 0 Å². The second kappa shape index (κ2) is 12.6. The van der Waals surface area contributed by atoms with Gasteiger partial charge >= 0.3 is 0 Å². The van der Waals surface area contributed by atoms with Crippen molar-refractivity contribution < 1.29 is 9.47 Å². The van der Waals surface area contributed by atoms with Crippen molar-refractivity contribution in [2.45, 2.75) is 20.3 Å². The molecule has 4 heteroatoms. The van der Waals surface area contributed by atoms with E-state index in [1.54, 1.807) is 0 Å². The fourth-order valence-corrected chi connectivity index (χ4v) is 2.16. The third-order valence-electron chi connectivity index (χ3n) is 3.21. The molecule has 1 heterocycles. The van der Waals surface area contributed by atoms with Crippen LogP contribution >= 0.6 is 0 Å². The quantitative estimate of drug-likeness (QED) is 0.747. The Balaban J connectivity index is 0.00000106. The van der Waals surface area contributed by atoms with E-state index in [0.717, 1.165) is 51.5 Å². The summed E-state index contributed by atoms with van der Waals surface area (Å²) in [5.41, 5.74) is 0. The first-order valence-corrected chi connectivity index (χ1v) is 8.14. The molecule has 120 valence electrons. The van der Waals surface area contributed by atoms with Crippen LogP contribution in [0.1, 0.15) is 20.3 Å². The van der Waals surface area contributed by atoms with E-state index in [0.29, 0.717) is 13.2 Å². The zero-order valence-electron chi connectivity index (χ0n) is 13.5. The van der Waals surface area contributed by atoms with Crippen LogP contribution in [0, 0.1) is 0 Å². The number of piperazine rings is 1. The zero-order chi connectivity index (χ0) is 15.2. The Hall–Kier alpha value is -1.10. The maximum absolute atomic E-state index is 5.58. The van der Waals surface area contributed by atoms with Crippen LogP contribution in [0.2, 0.25) is 0 Å². The minimum atomic E-state index is 0.623. The van der Waals surface area contributed by atoms with Crippen LogP contribution in [0.25, 0.3) is 0 Å². The smallest absolute Gasteiger partial charge is 0.119 e. The van der Waals surface area contributed by atoms with Crippen LogP contribution in [-0.2, 0) is 4.74 Å². The molecule has 1 fully saturated rings. The summed E-state index contributed by atoms with van der Waals surface area (Å²) < 4.78 is 11.1. The number of hydrogen-bond acceptors (Lipinski definition) is 4. The van der Waals surface area contributed by atoms with Crippen LogP contribution in [0.3, 0.4) is 0 Å². The van der Waals surface area contributed by atoms with Gasteiger partial charge in [0.05, 0.1) is 6.61 Å². The summed E-state index contributed by atoms with van der Waals surface area (Å²) in [6.07, 6.45) is 1.10. The largest absolute Gasteiger partial charge is 0.491 e. The maximum atomic E-state index is 5.58. The summed E-state index contributed by atoms with van der Waals surface area (Å²) >= 11 is 0. The van der Waals surface area contributed by atoms with Gasteiger partial charge in [-0.25, -0.2) is 0 Å². The summed E-state index contributed by atoms with van der Waals surface area (Å²) in [6, 6.07) is 9.86. The minimum absolute atomic E-state index is 0.623. The summed E-state index contributed by atoms with van der Waals surface area (Å²) in [4.78, 5) is 2.49. The highest BCUT2D eigenvalue weighted by Crippen LogP contribution is 2.07. The number of nitrogens with zero attached hydrogens (tertiary/aromatic N) is 1. The molecule has 0 aromatic heterocycles. The Morgan fingerprint density at radius 1 is 1.00 bits per heavy atom. The first-order chi connectivity index (χ1) is 10.4. The lowest BCUT2D eigenvalue weighted by molar-refractivity contribution is 0.0903. The molecule has 0 atom stereocenters. The van der Waals surface area contributed by atoms with Crippen LogP contribution in [0.15, 0.2) is 30.3 Å². The minimum Gasteiger partial charge on any atom is -0.491 e. The molecule has 4 nitrogen and oxygen atoms in total. The van der Waals surface area contributed by atoms with E-state index in [9.17, 15) is 0 Å². The van der Waals surface area contributed by atoms with Gasteiger partial charge in [-0.2, -0.15) is 0 Å². The standard InChI is InChI=1S/C15H24N2O2.C2H6/c1-2-5-15(6-3-1)19-14-13-18-12-4-9-17-10-7-16-8-11-17;1-2/h1-3,5-6,16H,4,7-14H2;1-2H3. The Kier molecular flexibility index (Phi) is 10.8. The van der Waals surface area contributed by atoms with E-state index in [1.807, 2.05) is 44.2 Å². The molecule has 0 amide bonds. The molecule has 1 aromatic rings. The summed E-state index contributed by atoms with van der Waals surface area (Å²) in [5, 5.41) is 3.36. The van der Waals surface area contributed by atoms with E-state index < -0.39 is 0 Å². The van der Waals surface area contributed by atoms with Gasteiger partial charge in [0.25, 0.3) is 0 Å². The Bertz CT molecular complexity index is 327. The van der Waals surface area contributed by atoms with Crippen LogP contribution < -0.4 is 10.1 Å². The Morgan fingerprint density at radius 3 is 2.43 bits per heavy atom. The van der Waals surface area contributed by atoms with Crippen molar-refractivity contribution in [3.8, 4) is 5.75 Å². The predicted molar refractivity (Wildman–Crippen MR) is 88.0 cm³/mol. The lowest BCUT2D eigenvalue weighted by Gasteiger charge is -2.26. The molecule has 0 aliphatic carbocycles. The van der Waals surface area contributed by atoms with Crippen molar-refractivity contribution in [3.63, 3.8) is 0 Å². The van der Waals surface area contributed by atoms with E-state index in [2.05, 4.69) is 10.2 Å². The topological polar surface area (TPSA) is 33.7 Å². The molecule has 0 saturated carbocycles. The highest BCUT2D eigenvalue weighted by Gasteiger charge is 2.07. The Labute approximate surface area is 129 Å². The van der Waals surface area contributed by atoms with E-state index in [4.69, 9.17) is 9.47 Å². The highest BCUT2D eigenvalue weighted by molar-refractivity contribution is 5.20. The number of benzene rings is 1. The molecule has 1 aromatic carbocycles. The van der Waals surface area contributed by atoms with Gasteiger partial charge < -0.3 is 19.7 Å². The monoisotopic (exact) mass is 294 g/mol. The molecule has 0 spiro atoms. The van der Waals surface area contributed by atoms with Crippen LogP contribution in [-0.4, -0.2) is 57.4 Å². The zero-order valence-corrected chi connectivity index (χ0v) is 13.5. The molecular formula is C17H30N2O2. The van der Waals surface area contributed by atoms with Gasteiger partial charge in [-0.05, 0) is 18.6 Å². The highest BCUT2D eigenvalue weighted by atomic mass is 16.5. The lowest BCUT2D eigenvalue weighted by atomic mass is 10.3. The van der Waals surface area contributed by atoms with Gasteiger partial charge in [-0.15, -0.1) is 0 Å². The van der Waals surface area contributed by atoms with Crippen molar-refractivity contribution in [3.05, 3.63) is 30.3 Å². The summed E-state index contributed by atoms with van der Waals surface area (Å²) in [5.74, 6) is 0.909. The van der Waals surface area contributed by atoms with Gasteiger partial charge in [-0.1, -0.05) is 32.0 Å². The van der Waals surface area contributed by atoms with Gasteiger partial charge in [0.15, 0.2) is 0 Å². The molecule has 0 bridgehead atoms. The molecular weight excluding hydrogens is 264 g/mol. The normalized spacial score (nSPS) is 15.1. The number of rotatable bonds is 8. The number of ether oxygens (including phenoxy) is 2. The second-order valence-electron chi connectivity index (χ2n) is 4.72. The molecule has 21 heavy (non-hydrogen) atoms. The fraction of sp³-hybridized carbons (Fsp3) is 0.647. The van der Waals surface area contributed by atoms with E-state index in [-0.39, 0.29) is 0 Å². The van der Waals surface area contributed by atoms with Crippen LogP contribution in [0.4, 0.5) is 0 Å². The average molecular weight is 294 g/mol. The van der Waals surface area contributed by atoms with Crippen molar-refractivity contribution in [2.24, 2.45) is 0 Å². The van der Waals surface area contributed by atoms with Crippen molar-refractivity contribution in [2.75, 3.05) is 52.5 Å². The van der Waals surface area contributed by atoms with Gasteiger partial charge in [0.2, 0.25) is 0 Å². The van der Waals surface area contributed by atoms with Crippen molar-refractivity contribution in [1.29, 1.82) is 0 Å². The molecule has 0 radical (unpaired) electrons. The van der Waals surface area contributed by atoms with Crippen molar-refractivity contribution in [1.82, 2.24) is 10.2 Å². The van der Waals surface area contributed by atoms with Gasteiger partial charge in [0, 0.05) is 39.3 Å². The lowest BCUT2D eigenvalue weighted by Crippen LogP contribution is -2.43. The SMILES string of the molecule is CC.c1ccc(OCCOCCCN2CCNCC2)cc1.